The molecular weight excluding hydrogens is 310 g/mol. The quantitative estimate of drug-likeness (QED) is 0.876. The minimum absolute atomic E-state index is 0.191. The molecule has 1 N–H and O–H groups in total. The minimum Gasteiger partial charge on any atom is -0.340 e. The standard InChI is InChI=1S/C16H25N5O3/c1-11-18-14(19-24-11)8-17-16(23)20(2)9-12-7-15(22)21(10-12)13-5-3-4-6-13/h12-13H,3-10H2,1-2H3,(H,17,23). The van der Waals surface area contributed by atoms with Gasteiger partial charge in [-0.2, -0.15) is 4.98 Å². The third-order valence-electron chi connectivity index (χ3n) is 4.85. The first-order valence-corrected chi connectivity index (χ1v) is 8.60. The van der Waals surface area contributed by atoms with Gasteiger partial charge in [0.05, 0.1) is 6.54 Å². The van der Waals surface area contributed by atoms with Gasteiger partial charge in [0.1, 0.15) is 0 Å². The van der Waals surface area contributed by atoms with Crippen molar-refractivity contribution in [2.75, 3.05) is 20.1 Å². The molecule has 1 aliphatic carbocycles. The van der Waals surface area contributed by atoms with Gasteiger partial charge < -0.3 is 19.6 Å². The van der Waals surface area contributed by atoms with E-state index in [-0.39, 0.29) is 24.4 Å². The highest BCUT2D eigenvalue weighted by Gasteiger charge is 2.36. The van der Waals surface area contributed by atoms with Crippen molar-refractivity contribution in [3.05, 3.63) is 11.7 Å². The highest BCUT2D eigenvalue weighted by Crippen LogP contribution is 2.29. The number of carbonyl (C=O) groups is 2. The van der Waals surface area contributed by atoms with E-state index in [1.54, 1.807) is 18.9 Å². The van der Waals surface area contributed by atoms with Gasteiger partial charge in [0.25, 0.3) is 0 Å². The second-order valence-corrected chi connectivity index (χ2v) is 6.82. The maximum atomic E-state index is 12.2. The van der Waals surface area contributed by atoms with Crippen molar-refractivity contribution in [1.29, 1.82) is 0 Å². The number of aromatic nitrogens is 2. The second kappa shape index (κ2) is 7.19. The van der Waals surface area contributed by atoms with Crippen LogP contribution in [-0.4, -0.2) is 58.1 Å². The van der Waals surface area contributed by atoms with Gasteiger partial charge in [0.15, 0.2) is 5.82 Å². The van der Waals surface area contributed by atoms with Crippen LogP contribution in [0.5, 0.6) is 0 Å². The van der Waals surface area contributed by atoms with E-state index in [0.29, 0.717) is 30.7 Å². The molecule has 2 fully saturated rings. The first-order chi connectivity index (χ1) is 11.5. The normalized spacial score (nSPS) is 21.5. The first-order valence-electron chi connectivity index (χ1n) is 8.60. The molecule has 0 spiro atoms. The maximum Gasteiger partial charge on any atom is 0.317 e. The van der Waals surface area contributed by atoms with Crippen LogP contribution in [-0.2, 0) is 11.3 Å². The number of nitrogens with zero attached hydrogens (tertiary/aromatic N) is 4. The van der Waals surface area contributed by atoms with Crippen LogP contribution in [0, 0.1) is 12.8 Å². The van der Waals surface area contributed by atoms with Gasteiger partial charge in [-0.3, -0.25) is 4.79 Å². The average molecular weight is 335 g/mol. The number of carbonyl (C=O) groups excluding carboxylic acids is 2. The van der Waals surface area contributed by atoms with Crippen molar-refractivity contribution in [3.63, 3.8) is 0 Å². The predicted octanol–water partition coefficient (Wildman–Crippen LogP) is 1.31. The highest BCUT2D eigenvalue weighted by molar-refractivity contribution is 5.79. The summed E-state index contributed by atoms with van der Waals surface area (Å²) in [5.41, 5.74) is 0. The van der Waals surface area contributed by atoms with Gasteiger partial charge in [0.2, 0.25) is 11.8 Å². The SMILES string of the molecule is Cc1nc(CNC(=O)N(C)CC2CC(=O)N(C3CCCC3)C2)no1. The van der Waals surface area contributed by atoms with Gasteiger partial charge >= 0.3 is 6.03 Å². The molecule has 1 aromatic rings. The van der Waals surface area contributed by atoms with Gasteiger partial charge in [0, 0.05) is 45.4 Å². The molecule has 3 amide bonds. The zero-order chi connectivity index (χ0) is 17.1. The fraction of sp³-hybridized carbons (Fsp3) is 0.750. The van der Waals surface area contributed by atoms with Crippen LogP contribution >= 0.6 is 0 Å². The largest absolute Gasteiger partial charge is 0.340 e. The fourth-order valence-electron chi connectivity index (χ4n) is 3.67. The molecule has 1 saturated carbocycles. The van der Waals surface area contributed by atoms with E-state index in [1.165, 1.54) is 12.8 Å². The molecule has 132 valence electrons. The number of amides is 3. The number of hydrogen-bond acceptors (Lipinski definition) is 5. The van der Waals surface area contributed by atoms with Crippen molar-refractivity contribution >= 4 is 11.9 Å². The molecule has 2 aliphatic rings. The number of nitrogens with one attached hydrogen (secondary N) is 1. The van der Waals surface area contributed by atoms with Gasteiger partial charge in [-0.15, -0.1) is 0 Å². The van der Waals surface area contributed by atoms with Crippen molar-refractivity contribution in [1.82, 2.24) is 25.3 Å². The predicted molar refractivity (Wildman–Crippen MR) is 86.0 cm³/mol. The van der Waals surface area contributed by atoms with E-state index < -0.39 is 0 Å². The van der Waals surface area contributed by atoms with Crippen LogP contribution in [0.2, 0.25) is 0 Å². The van der Waals surface area contributed by atoms with Crippen LogP contribution in [0.1, 0.15) is 43.8 Å². The molecule has 0 radical (unpaired) electrons. The lowest BCUT2D eigenvalue weighted by Gasteiger charge is -2.25. The lowest BCUT2D eigenvalue weighted by Crippen LogP contribution is -2.40. The Morgan fingerprint density at radius 2 is 2.17 bits per heavy atom. The van der Waals surface area contributed by atoms with E-state index in [2.05, 4.69) is 15.5 Å². The van der Waals surface area contributed by atoms with Gasteiger partial charge in [-0.25, -0.2) is 4.79 Å². The first kappa shape index (κ1) is 16.7. The summed E-state index contributed by atoms with van der Waals surface area (Å²) in [4.78, 5) is 32.1. The minimum atomic E-state index is -0.191. The third-order valence-corrected chi connectivity index (χ3v) is 4.85. The Kier molecular flexibility index (Phi) is 5.01. The Labute approximate surface area is 141 Å². The molecule has 0 bridgehead atoms. The molecular formula is C16H25N5O3. The van der Waals surface area contributed by atoms with E-state index in [1.807, 2.05) is 4.90 Å². The van der Waals surface area contributed by atoms with E-state index in [9.17, 15) is 9.59 Å². The van der Waals surface area contributed by atoms with Gasteiger partial charge in [-0.05, 0) is 12.8 Å². The summed E-state index contributed by atoms with van der Waals surface area (Å²) in [6.07, 6.45) is 5.23. The van der Waals surface area contributed by atoms with E-state index in [0.717, 1.165) is 19.4 Å². The molecule has 2 heterocycles. The van der Waals surface area contributed by atoms with Crippen LogP contribution in [0.15, 0.2) is 4.52 Å². The lowest BCUT2D eigenvalue weighted by atomic mass is 10.1. The fourth-order valence-corrected chi connectivity index (χ4v) is 3.67. The van der Waals surface area contributed by atoms with Crippen molar-refractivity contribution < 1.29 is 14.1 Å². The molecule has 1 aromatic heterocycles. The maximum absolute atomic E-state index is 12.2. The Morgan fingerprint density at radius 1 is 1.42 bits per heavy atom. The molecule has 1 unspecified atom stereocenters. The van der Waals surface area contributed by atoms with Crippen molar-refractivity contribution in [2.45, 2.75) is 51.6 Å². The summed E-state index contributed by atoms with van der Waals surface area (Å²) in [7, 11) is 1.75. The van der Waals surface area contributed by atoms with Crippen LogP contribution in [0.25, 0.3) is 0 Å². The van der Waals surface area contributed by atoms with Crippen molar-refractivity contribution in [2.24, 2.45) is 5.92 Å². The van der Waals surface area contributed by atoms with Gasteiger partial charge in [-0.1, -0.05) is 18.0 Å². The Hall–Kier alpha value is -2.12. The molecule has 8 nitrogen and oxygen atoms in total. The molecule has 1 atom stereocenters. The monoisotopic (exact) mass is 335 g/mol. The molecule has 8 heteroatoms. The molecule has 1 saturated heterocycles. The van der Waals surface area contributed by atoms with E-state index in [4.69, 9.17) is 4.52 Å². The smallest absolute Gasteiger partial charge is 0.317 e. The van der Waals surface area contributed by atoms with Crippen LogP contribution < -0.4 is 5.32 Å². The summed E-state index contributed by atoms with van der Waals surface area (Å²) in [6.45, 7) is 3.28. The Balaban J connectivity index is 1.45. The molecule has 3 rings (SSSR count). The number of rotatable bonds is 5. The summed E-state index contributed by atoms with van der Waals surface area (Å²) in [6, 6.07) is 0.229. The molecule has 0 aromatic carbocycles. The number of hydrogen-bond donors (Lipinski definition) is 1. The summed E-state index contributed by atoms with van der Waals surface area (Å²) < 4.78 is 4.87. The number of likely N-dealkylation sites (tertiary alicyclic amines) is 1. The molecule has 1 aliphatic heterocycles. The topological polar surface area (TPSA) is 91.6 Å². The van der Waals surface area contributed by atoms with Crippen molar-refractivity contribution in [3.8, 4) is 0 Å². The average Bonchev–Trinajstić information content (AvgIpc) is 3.26. The highest BCUT2D eigenvalue weighted by atomic mass is 16.5. The number of urea groups is 1. The lowest BCUT2D eigenvalue weighted by molar-refractivity contribution is -0.129. The second-order valence-electron chi connectivity index (χ2n) is 6.82. The zero-order valence-corrected chi connectivity index (χ0v) is 14.3. The van der Waals surface area contributed by atoms with E-state index >= 15 is 0 Å². The number of aryl methyl sites for hydroxylation is 1. The Morgan fingerprint density at radius 3 is 2.83 bits per heavy atom. The summed E-state index contributed by atoms with van der Waals surface area (Å²) in [5.74, 6) is 1.38. The third kappa shape index (κ3) is 3.85. The molecule has 24 heavy (non-hydrogen) atoms. The summed E-state index contributed by atoms with van der Waals surface area (Å²) >= 11 is 0. The zero-order valence-electron chi connectivity index (χ0n) is 14.3. The Bertz CT molecular complexity index is 596. The summed E-state index contributed by atoms with van der Waals surface area (Å²) in [5, 5.41) is 6.51. The van der Waals surface area contributed by atoms with Crippen LogP contribution in [0.4, 0.5) is 4.79 Å². The van der Waals surface area contributed by atoms with Crippen LogP contribution in [0.3, 0.4) is 0 Å².